The zero-order valence-electron chi connectivity index (χ0n) is 10.5. The Morgan fingerprint density at radius 1 is 1.31 bits per heavy atom. The molecule has 0 aliphatic heterocycles. The summed E-state index contributed by atoms with van der Waals surface area (Å²) in [4.78, 5) is 13.6. The number of aliphatic hydroxyl groups is 1. The summed E-state index contributed by atoms with van der Waals surface area (Å²) in [7, 11) is 0. The summed E-state index contributed by atoms with van der Waals surface area (Å²) in [5.41, 5.74) is 0. The third-order valence-corrected chi connectivity index (χ3v) is 2.55. The Balaban J connectivity index is 4.56. The van der Waals surface area contributed by atoms with Crippen LogP contribution in [0.1, 0.15) is 33.6 Å². The maximum atomic E-state index is 11.9. The number of carbonyl (C=O) groups excluding carboxylic acids is 1. The molecule has 3 nitrogen and oxygen atoms in total. The number of carbonyl (C=O) groups is 1. The molecule has 1 amide bonds. The molecule has 0 heterocycles. The molecule has 1 N–H and O–H groups in total. The van der Waals surface area contributed by atoms with Gasteiger partial charge in [0.05, 0.1) is 6.61 Å². The monoisotopic (exact) mass is 225 g/mol. The molecule has 92 valence electrons. The van der Waals surface area contributed by atoms with Crippen molar-refractivity contribution in [1.29, 1.82) is 0 Å². The summed E-state index contributed by atoms with van der Waals surface area (Å²) in [5.74, 6) is -0.0270. The Labute approximate surface area is 98.5 Å². The molecule has 0 saturated heterocycles. The standard InChI is InChI=1S/C13H23NO2/c1-4-7-8-9-13(16)14(10-11-15)12(5-2)6-3/h4,7-9,12,15H,5-6,10-11H2,1-3H3. The quantitative estimate of drug-likeness (QED) is 0.532. The molecule has 0 aliphatic carbocycles. The van der Waals surface area contributed by atoms with E-state index in [1.807, 2.05) is 19.1 Å². The third kappa shape index (κ3) is 5.12. The van der Waals surface area contributed by atoms with E-state index in [4.69, 9.17) is 5.11 Å². The molecule has 0 unspecified atom stereocenters. The fraction of sp³-hybridized carbons (Fsp3) is 0.615. The fourth-order valence-corrected chi connectivity index (χ4v) is 1.65. The Morgan fingerprint density at radius 2 is 1.94 bits per heavy atom. The Hall–Kier alpha value is -1.09. The summed E-state index contributed by atoms with van der Waals surface area (Å²) in [5, 5.41) is 8.97. The molecular formula is C13H23NO2. The van der Waals surface area contributed by atoms with Crippen molar-refractivity contribution in [2.75, 3.05) is 13.2 Å². The van der Waals surface area contributed by atoms with Crippen LogP contribution in [0.25, 0.3) is 0 Å². The van der Waals surface area contributed by atoms with Crippen molar-refractivity contribution in [3.05, 3.63) is 24.3 Å². The Bertz CT molecular complexity index is 242. The van der Waals surface area contributed by atoms with Gasteiger partial charge in [-0.25, -0.2) is 0 Å². The van der Waals surface area contributed by atoms with E-state index in [9.17, 15) is 4.79 Å². The highest BCUT2D eigenvalue weighted by Gasteiger charge is 2.17. The molecule has 0 rings (SSSR count). The molecule has 0 saturated carbocycles. The normalized spacial score (nSPS) is 11.8. The maximum absolute atomic E-state index is 11.9. The van der Waals surface area contributed by atoms with Gasteiger partial charge in [-0.15, -0.1) is 0 Å². The van der Waals surface area contributed by atoms with Gasteiger partial charge in [0.1, 0.15) is 0 Å². The van der Waals surface area contributed by atoms with E-state index in [0.717, 1.165) is 12.8 Å². The van der Waals surface area contributed by atoms with Crippen LogP contribution in [0.5, 0.6) is 0 Å². The van der Waals surface area contributed by atoms with Gasteiger partial charge < -0.3 is 10.0 Å². The van der Waals surface area contributed by atoms with Crippen molar-refractivity contribution in [3.63, 3.8) is 0 Å². The third-order valence-electron chi connectivity index (χ3n) is 2.55. The second-order valence-electron chi connectivity index (χ2n) is 3.61. The van der Waals surface area contributed by atoms with Crippen LogP contribution < -0.4 is 0 Å². The van der Waals surface area contributed by atoms with E-state index in [0.29, 0.717) is 6.54 Å². The Morgan fingerprint density at radius 3 is 2.38 bits per heavy atom. The average Bonchev–Trinajstić information content (AvgIpc) is 2.29. The maximum Gasteiger partial charge on any atom is 0.246 e. The molecule has 0 aliphatic rings. The van der Waals surface area contributed by atoms with Crippen LogP contribution in [-0.4, -0.2) is 35.1 Å². The summed E-state index contributed by atoms with van der Waals surface area (Å²) >= 11 is 0. The van der Waals surface area contributed by atoms with Crippen molar-refractivity contribution in [1.82, 2.24) is 4.90 Å². The zero-order valence-corrected chi connectivity index (χ0v) is 10.5. The van der Waals surface area contributed by atoms with E-state index < -0.39 is 0 Å². The minimum Gasteiger partial charge on any atom is -0.395 e. The second-order valence-corrected chi connectivity index (χ2v) is 3.61. The highest BCUT2D eigenvalue weighted by molar-refractivity contribution is 5.88. The number of aliphatic hydroxyl groups excluding tert-OH is 1. The van der Waals surface area contributed by atoms with Gasteiger partial charge in [0.2, 0.25) is 5.91 Å². The molecule has 0 aromatic rings. The second kappa shape index (κ2) is 9.16. The summed E-state index contributed by atoms with van der Waals surface area (Å²) in [6, 6.07) is 0.218. The first-order chi connectivity index (χ1) is 7.71. The fourth-order valence-electron chi connectivity index (χ4n) is 1.65. The van der Waals surface area contributed by atoms with E-state index in [-0.39, 0.29) is 18.6 Å². The smallest absolute Gasteiger partial charge is 0.246 e. The van der Waals surface area contributed by atoms with Crippen molar-refractivity contribution in [2.24, 2.45) is 0 Å². The van der Waals surface area contributed by atoms with E-state index >= 15 is 0 Å². The zero-order chi connectivity index (χ0) is 12.4. The van der Waals surface area contributed by atoms with Crippen molar-refractivity contribution in [2.45, 2.75) is 39.7 Å². The predicted octanol–water partition coefficient (Wildman–Crippen LogP) is 2.13. The summed E-state index contributed by atoms with van der Waals surface area (Å²) < 4.78 is 0. The van der Waals surface area contributed by atoms with E-state index in [2.05, 4.69) is 13.8 Å². The minimum absolute atomic E-state index is 0.0136. The molecule has 0 radical (unpaired) electrons. The van der Waals surface area contributed by atoms with Gasteiger partial charge >= 0.3 is 0 Å². The van der Waals surface area contributed by atoms with Crippen LogP contribution in [0.4, 0.5) is 0 Å². The molecular weight excluding hydrogens is 202 g/mol. The van der Waals surface area contributed by atoms with Crippen LogP contribution in [-0.2, 0) is 4.79 Å². The number of amides is 1. The SMILES string of the molecule is CC=CC=CC(=O)N(CCO)C(CC)CC. The van der Waals surface area contributed by atoms with Crippen LogP contribution in [0.2, 0.25) is 0 Å². The lowest BCUT2D eigenvalue weighted by molar-refractivity contribution is -0.129. The lowest BCUT2D eigenvalue weighted by atomic mass is 10.1. The van der Waals surface area contributed by atoms with Crippen LogP contribution in [0, 0.1) is 0 Å². The van der Waals surface area contributed by atoms with Crippen molar-refractivity contribution < 1.29 is 9.90 Å². The molecule has 0 bridgehead atoms. The largest absolute Gasteiger partial charge is 0.395 e. The predicted molar refractivity (Wildman–Crippen MR) is 67.1 cm³/mol. The minimum atomic E-state index is -0.0270. The average molecular weight is 225 g/mol. The van der Waals surface area contributed by atoms with Crippen LogP contribution in [0.3, 0.4) is 0 Å². The van der Waals surface area contributed by atoms with Gasteiger partial charge in [-0.05, 0) is 19.8 Å². The first-order valence-electron chi connectivity index (χ1n) is 5.92. The first-order valence-corrected chi connectivity index (χ1v) is 5.92. The number of rotatable bonds is 7. The highest BCUT2D eigenvalue weighted by Crippen LogP contribution is 2.09. The lowest BCUT2D eigenvalue weighted by Crippen LogP contribution is -2.40. The number of allylic oxidation sites excluding steroid dienone is 3. The molecule has 0 atom stereocenters. The molecule has 16 heavy (non-hydrogen) atoms. The Kier molecular flexibility index (Phi) is 8.53. The molecule has 0 spiro atoms. The van der Waals surface area contributed by atoms with Gasteiger partial charge in [0.15, 0.2) is 0 Å². The number of hydrogen-bond acceptors (Lipinski definition) is 2. The van der Waals surface area contributed by atoms with Gasteiger partial charge in [-0.2, -0.15) is 0 Å². The number of hydrogen-bond donors (Lipinski definition) is 1. The van der Waals surface area contributed by atoms with Gasteiger partial charge in [0.25, 0.3) is 0 Å². The highest BCUT2D eigenvalue weighted by atomic mass is 16.3. The van der Waals surface area contributed by atoms with Gasteiger partial charge in [0, 0.05) is 18.7 Å². The molecule has 0 aromatic carbocycles. The summed E-state index contributed by atoms with van der Waals surface area (Å²) in [6.07, 6.45) is 8.81. The summed E-state index contributed by atoms with van der Waals surface area (Å²) in [6.45, 7) is 6.44. The van der Waals surface area contributed by atoms with Gasteiger partial charge in [-0.3, -0.25) is 4.79 Å². The number of nitrogens with zero attached hydrogens (tertiary/aromatic N) is 1. The molecule has 3 heteroatoms. The van der Waals surface area contributed by atoms with E-state index in [1.165, 1.54) is 0 Å². The lowest BCUT2D eigenvalue weighted by Gasteiger charge is -2.28. The first kappa shape index (κ1) is 14.9. The van der Waals surface area contributed by atoms with Crippen molar-refractivity contribution >= 4 is 5.91 Å². The van der Waals surface area contributed by atoms with Gasteiger partial charge in [-0.1, -0.05) is 32.1 Å². The van der Waals surface area contributed by atoms with Crippen LogP contribution in [0.15, 0.2) is 24.3 Å². The topological polar surface area (TPSA) is 40.5 Å². The van der Waals surface area contributed by atoms with Crippen molar-refractivity contribution in [3.8, 4) is 0 Å². The molecule has 0 aromatic heterocycles. The van der Waals surface area contributed by atoms with E-state index in [1.54, 1.807) is 17.1 Å². The van der Waals surface area contributed by atoms with Crippen LogP contribution >= 0.6 is 0 Å². The molecule has 0 fully saturated rings.